The van der Waals surface area contributed by atoms with Crippen LogP contribution in [-0.2, 0) is 58.5 Å². The monoisotopic (exact) mass is 1420 g/mol. The van der Waals surface area contributed by atoms with Crippen molar-refractivity contribution in [2.75, 3.05) is 36.3 Å². The fourth-order valence-electron chi connectivity index (χ4n) is 9.52. The van der Waals surface area contributed by atoms with Gasteiger partial charge in [-0.1, -0.05) is 72.8 Å². The Kier molecular flexibility index (Phi) is 27.4. The van der Waals surface area contributed by atoms with E-state index in [9.17, 15) is 58.7 Å². The number of nitro benzene ring substituents is 1. The number of nitrogen functional groups attached to an aromatic ring is 3. The van der Waals surface area contributed by atoms with Crippen LogP contribution in [0.5, 0.6) is 17.2 Å². The summed E-state index contributed by atoms with van der Waals surface area (Å²) >= 11 is 0. The van der Waals surface area contributed by atoms with Crippen molar-refractivity contribution >= 4 is 76.4 Å². The van der Waals surface area contributed by atoms with Gasteiger partial charge in [-0.25, -0.2) is 29.1 Å². The summed E-state index contributed by atoms with van der Waals surface area (Å²) < 4.78 is 27.7. The number of methoxy groups -OCH3 is 2. The Morgan fingerprint density at radius 1 is 0.558 bits per heavy atom. The molecule has 0 saturated carbocycles. The van der Waals surface area contributed by atoms with Gasteiger partial charge in [0.2, 0.25) is 11.8 Å². The zero-order chi connectivity index (χ0) is 75.7. The number of nitro groups is 1. The van der Waals surface area contributed by atoms with Crippen molar-refractivity contribution in [2.24, 2.45) is 5.73 Å². The van der Waals surface area contributed by atoms with Crippen molar-refractivity contribution in [3.8, 4) is 39.8 Å². The van der Waals surface area contributed by atoms with Crippen LogP contribution in [0.15, 0.2) is 180 Å². The molecule has 15 N–H and O–H groups in total. The lowest BCUT2D eigenvalue weighted by molar-refractivity contribution is -0.384. The van der Waals surface area contributed by atoms with Crippen LogP contribution in [0, 0.1) is 20.9 Å². The number of non-ortho nitro benzene ring substituents is 1. The SMILES string of the molecule is CC(C)Nc1ncc(-c2cc(N)cc(C(=O)O)c2)n(CC(=O)NCc2ccc(C(=N)N)cc2)c1=O.COc1cccc(COC(=O)NC(=N)c2ccc(CNC(=O)Cn3c(-c4cc(N)cc(C(=O)O)c4)cnc(NC(C)C)c3=O)cc2)c1.COc1cccc(COC(=O)Oc2ccc([N+](=O)[O-])cc2)c1. The molecule has 32 heteroatoms. The van der Waals surface area contributed by atoms with Gasteiger partial charge in [0, 0.05) is 70.9 Å². The van der Waals surface area contributed by atoms with E-state index in [1.54, 1.807) is 111 Å². The maximum Gasteiger partial charge on any atom is 0.514 e. The molecule has 2 heterocycles. The molecule has 104 heavy (non-hydrogen) atoms. The molecule has 0 atom stereocenters. The van der Waals surface area contributed by atoms with Crippen molar-refractivity contribution in [1.82, 2.24) is 35.1 Å². The van der Waals surface area contributed by atoms with Crippen molar-refractivity contribution in [3.05, 3.63) is 245 Å². The first-order valence-electron chi connectivity index (χ1n) is 31.5. The third-order valence-electron chi connectivity index (χ3n) is 14.5. The molecular weight excluding hydrogens is 1350 g/mol. The van der Waals surface area contributed by atoms with Crippen LogP contribution in [-0.4, -0.2) is 108 Å². The molecule has 0 saturated heterocycles. The first-order valence-corrected chi connectivity index (χ1v) is 31.5. The van der Waals surface area contributed by atoms with Crippen molar-refractivity contribution < 1.29 is 67.6 Å². The average Bonchev–Trinajstić information content (AvgIpc) is 0.795. The number of carboxylic acid groups (broad SMARTS) is 2. The Balaban J connectivity index is 0.000000233. The number of carboxylic acids is 2. The molecule has 7 aromatic carbocycles. The van der Waals surface area contributed by atoms with E-state index in [1.165, 1.54) is 82.2 Å². The number of hydrogen-bond donors (Lipinski definition) is 12. The van der Waals surface area contributed by atoms with Crippen LogP contribution >= 0.6 is 0 Å². The van der Waals surface area contributed by atoms with Crippen LogP contribution in [0.2, 0.25) is 0 Å². The lowest BCUT2D eigenvalue weighted by atomic mass is 10.1. The van der Waals surface area contributed by atoms with Crippen LogP contribution in [0.3, 0.4) is 0 Å². The highest BCUT2D eigenvalue weighted by molar-refractivity contribution is 6.04. The van der Waals surface area contributed by atoms with Gasteiger partial charge < -0.3 is 72.4 Å². The van der Waals surface area contributed by atoms with Crippen molar-refractivity contribution in [3.63, 3.8) is 0 Å². The zero-order valence-corrected chi connectivity index (χ0v) is 57.0. The summed E-state index contributed by atoms with van der Waals surface area (Å²) in [5.74, 6) is -1.96. The predicted molar refractivity (Wildman–Crippen MR) is 386 cm³/mol. The molecule has 0 bridgehead atoms. The molecular formula is C72H75N15O17. The van der Waals surface area contributed by atoms with Gasteiger partial charge >= 0.3 is 24.2 Å². The minimum atomic E-state index is -1.20. The second kappa shape index (κ2) is 36.8. The van der Waals surface area contributed by atoms with Gasteiger partial charge in [-0.2, -0.15) is 0 Å². The number of nitrogens with zero attached hydrogens (tertiary/aromatic N) is 5. The number of nitrogens with one attached hydrogen (secondary N) is 7. The van der Waals surface area contributed by atoms with E-state index in [-0.39, 0.29) is 120 Å². The second-order valence-corrected chi connectivity index (χ2v) is 23.2. The van der Waals surface area contributed by atoms with Crippen molar-refractivity contribution in [1.29, 1.82) is 10.8 Å². The summed E-state index contributed by atoms with van der Waals surface area (Å²) in [7, 11) is 3.08. The number of amides is 3. The quantitative estimate of drug-likeness (QED) is 0.00459. The highest BCUT2D eigenvalue weighted by atomic mass is 16.7. The maximum absolute atomic E-state index is 13.4. The van der Waals surface area contributed by atoms with Gasteiger partial charge in [-0.05, 0) is 123 Å². The molecule has 0 aliphatic carbocycles. The summed E-state index contributed by atoms with van der Waals surface area (Å²) in [4.78, 5) is 118. The molecule has 9 rings (SSSR count). The number of aromatic nitrogens is 4. The van der Waals surface area contributed by atoms with E-state index < -0.39 is 52.0 Å². The summed E-state index contributed by atoms with van der Waals surface area (Å²) in [5.41, 5.74) is 21.4. The minimum absolute atomic E-state index is 0.000383. The van der Waals surface area contributed by atoms with Crippen LogP contribution in [0.25, 0.3) is 22.5 Å². The first kappa shape index (κ1) is 77.4. The summed E-state index contributed by atoms with van der Waals surface area (Å²) in [6, 6.07) is 40.9. The fraction of sp³-hybridized carbons (Fsp3) is 0.194. The Labute approximate surface area is 593 Å². The molecule has 32 nitrogen and oxygen atoms in total. The predicted octanol–water partition coefficient (Wildman–Crippen LogP) is 8.52. The number of anilines is 4. The third-order valence-corrected chi connectivity index (χ3v) is 14.5. The molecule has 0 radical (unpaired) electrons. The number of amidine groups is 2. The van der Waals surface area contributed by atoms with Gasteiger partial charge in [-0.3, -0.25) is 54.6 Å². The number of alkyl carbamates (subject to hydrolysis) is 1. The van der Waals surface area contributed by atoms with E-state index >= 15 is 0 Å². The number of aromatic carboxylic acids is 2. The van der Waals surface area contributed by atoms with E-state index in [2.05, 4.69) is 36.6 Å². The van der Waals surface area contributed by atoms with E-state index in [0.29, 0.717) is 39.3 Å². The fourth-order valence-corrected chi connectivity index (χ4v) is 9.52. The second-order valence-electron chi connectivity index (χ2n) is 23.2. The molecule has 0 unspecified atom stereocenters. The molecule has 0 spiro atoms. The third kappa shape index (κ3) is 23.1. The summed E-state index contributed by atoms with van der Waals surface area (Å²) in [6.07, 6.45) is 1.11. The van der Waals surface area contributed by atoms with Gasteiger partial charge in [0.15, 0.2) is 11.6 Å². The highest BCUT2D eigenvalue weighted by Gasteiger charge is 2.21. The maximum atomic E-state index is 13.4. The van der Waals surface area contributed by atoms with Crippen LogP contribution < -0.4 is 69.1 Å². The topological polar surface area (TPSA) is 488 Å². The molecule has 0 fully saturated rings. The Morgan fingerprint density at radius 3 is 1.39 bits per heavy atom. The van der Waals surface area contributed by atoms with Crippen molar-refractivity contribution in [2.45, 2.75) is 79.2 Å². The van der Waals surface area contributed by atoms with Crippen LogP contribution in [0.4, 0.5) is 38.3 Å². The average molecular weight is 1420 g/mol. The Morgan fingerprint density at radius 2 is 0.990 bits per heavy atom. The van der Waals surface area contributed by atoms with E-state index in [0.717, 1.165) is 16.7 Å². The minimum Gasteiger partial charge on any atom is -0.497 e. The number of rotatable bonds is 26. The molecule has 2 aromatic heterocycles. The molecule has 0 aliphatic rings. The lowest BCUT2D eigenvalue weighted by Gasteiger charge is -2.17. The standard InChI is InChI=1S/C33H35N7O7.C24H27N7O4.C15H13NO6/c1-19(2)38-30-31(42)40(27(16-37-30)23-12-24(32(43)44)14-25(34)13-23)17-28(41)36-15-20-7-9-22(10-8-20)29(35)39-33(45)47-18-21-5-4-6-26(11-21)46-3;1-13(2)30-22-23(33)31(12-20(32)28-10-14-3-5-15(6-4-14)21(26)27)19(11-29-22)16-7-17(24(34)35)9-18(25)8-16;1-20-14-4-2-3-11(9-14)10-21-15(17)22-13-7-5-12(6-8-13)16(18)19/h4-14,16,19H,15,17-18,34H2,1-3H3,(H,36,41)(H,37,38)(H,43,44)(H2,35,39,45);3-9,11,13H,10,12,25H2,1-2H3,(H3,26,27)(H,28,32)(H,29,30)(H,34,35);2-9H,10H2,1H3. The van der Waals surface area contributed by atoms with Crippen LogP contribution in [0.1, 0.15) is 81.8 Å². The zero-order valence-electron chi connectivity index (χ0n) is 57.0. The number of nitrogens with two attached hydrogens (primary N) is 3. The normalized spacial score (nSPS) is 10.5. The first-order chi connectivity index (χ1) is 49.6. The largest absolute Gasteiger partial charge is 0.514 e. The van der Waals surface area contributed by atoms with Gasteiger partial charge in [0.1, 0.15) is 55.2 Å². The van der Waals surface area contributed by atoms with Gasteiger partial charge in [0.25, 0.3) is 16.8 Å². The van der Waals surface area contributed by atoms with E-state index in [4.69, 9.17) is 51.7 Å². The highest BCUT2D eigenvalue weighted by Crippen LogP contribution is 2.26. The number of ether oxygens (including phenoxy) is 5. The summed E-state index contributed by atoms with van der Waals surface area (Å²) in [5, 5.41) is 58.9. The number of carbonyl (C=O) groups excluding carboxylic acids is 4. The Bertz CT molecular complexity index is 4760. The number of benzene rings is 7. The Hall–Kier alpha value is -13.9. The molecule has 3 amide bonds. The molecule has 0 aliphatic heterocycles. The molecule has 540 valence electrons. The van der Waals surface area contributed by atoms with Gasteiger partial charge in [0.05, 0.1) is 54.1 Å². The smallest absolute Gasteiger partial charge is 0.497 e. The number of carbonyl (C=O) groups is 6. The van der Waals surface area contributed by atoms with E-state index in [1.807, 2.05) is 27.7 Å². The summed E-state index contributed by atoms with van der Waals surface area (Å²) in [6.45, 7) is 6.99. The molecule has 9 aromatic rings. The number of hydrogen-bond acceptors (Lipinski definition) is 23. The van der Waals surface area contributed by atoms with Gasteiger partial charge in [-0.15, -0.1) is 0 Å². The lowest BCUT2D eigenvalue weighted by Crippen LogP contribution is -2.35.